The summed E-state index contributed by atoms with van der Waals surface area (Å²) < 4.78 is 0. The summed E-state index contributed by atoms with van der Waals surface area (Å²) in [6.45, 7) is 3.61. The Labute approximate surface area is 69.8 Å². The summed E-state index contributed by atoms with van der Waals surface area (Å²) in [4.78, 5) is 3.87. The molecule has 0 saturated carbocycles. The van der Waals surface area contributed by atoms with Crippen LogP contribution in [-0.2, 0) is 0 Å². The Morgan fingerprint density at radius 2 is 2.40 bits per heavy atom. The van der Waals surface area contributed by atoms with Crippen LogP contribution in [0, 0.1) is 0 Å². The minimum absolute atomic E-state index is 0.349. The van der Waals surface area contributed by atoms with Crippen LogP contribution < -0.4 is 5.73 Å². The summed E-state index contributed by atoms with van der Waals surface area (Å²) in [7, 11) is 0. The van der Waals surface area contributed by atoms with Crippen molar-refractivity contribution < 1.29 is 0 Å². The van der Waals surface area contributed by atoms with Gasteiger partial charge in [0.2, 0.25) is 0 Å². The van der Waals surface area contributed by atoms with Gasteiger partial charge in [0, 0.05) is 0 Å². The molecule has 0 aliphatic heterocycles. The second-order valence-electron chi connectivity index (χ2n) is 1.39. The third-order valence-corrected chi connectivity index (χ3v) is 1.47. The molecule has 10 heavy (non-hydrogen) atoms. The number of rotatable bonds is 3. The molecule has 0 spiro atoms. The van der Waals surface area contributed by atoms with Crippen LogP contribution in [0.4, 0.5) is 0 Å². The van der Waals surface area contributed by atoms with Crippen LogP contribution in [0.5, 0.6) is 0 Å². The predicted molar refractivity (Wildman–Crippen MR) is 49.3 cm³/mol. The highest BCUT2D eigenvalue weighted by Crippen LogP contribution is 2.10. The molecular formula is C6H9ClN2S. The van der Waals surface area contributed by atoms with Crippen LogP contribution in [0.3, 0.4) is 0 Å². The summed E-state index contributed by atoms with van der Waals surface area (Å²) in [5.74, 6) is 0. The number of nitrogens with two attached hydrogens (primary N) is 1. The molecule has 56 valence electrons. The van der Waals surface area contributed by atoms with Gasteiger partial charge in [-0.15, -0.1) is 11.8 Å². The predicted octanol–water partition coefficient (Wildman–Crippen LogP) is 1.93. The average Bonchev–Trinajstić information content (AvgIpc) is 1.88. The molecule has 0 aliphatic rings. The van der Waals surface area contributed by atoms with E-state index in [-0.39, 0.29) is 0 Å². The molecule has 0 aromatic carbocycles. The van der Waals surface area contributed by atoms with E-state index in [4.69, 9.17) is 17.3 Å². The topological polar surface area (TPSA) is 38.4 Å². The van der Waals surface area contributed by atoms with Crippen molar-refractivity contribution in [1.29, 1.82) is 0 Å². The fraction of sp³-hybridized carbons (Fsp3) is 0.167. The molecule has 4 heteroatoms. The first kappa shape index (κ1) is 9.59. The van der Waals surface area contributed by atoms with Crippen molar-refractivity contribution in [3.8, 4) is 0 Å². The van der Waals surface area contributed by atoms with E-state index in [1.165, 1.54) is 24.0 Å². The van der Waals surface area contributed by atoms with Gasteiger partial charge in [0.05, 0.1) is 5.03 Å². The van der Waals surface area contributed by atoms with Crippen molar-refractivity contribution in [2.45, 2.75) is 0 Å². The van der Waals surface area contributed by atoms with E-state index >= 15 is 0 Å². The van der Waals surface area contributed by atoms with Crippen molar-refractivity contribution in [1.82, 2.24) is 0 Å². The largest absolute Gasteiger partial charge is 0.405 e. The van der Waals surface area contributed by atoms with Crippen LogP contribution in [0.2, 0.25) is 0 Å². The number of thioether (sulfide) groups is 1. The first-order valence-corrected chi connectivity index (χ1v) is 4.16. The standard InChI is InChI=1S/C6H9ClN2S/c1-5(10-2)9-6(7)3-4-8/h3-4H,1,8H2,2H3/b4-3-,9-6+. The van der Waals surface area contributed by atoms with Gasteiger partial charge in [0.15, 0.2) is 0 Å². The Morgan fingerprint density at radius 1 is 1.80 bits per heavy atom. The van der Waals surface area contributed by atoms with E-state index in [1.54, 1.807) is 0 Å². The van der Waals surface area contributed by atoms with Gasteiger partial charge >= 0.3 is 0 Å². The van der Waals surface area contributed by atoms with Gasteiger partial charge in [-0.1, -0.05) is 18.2 Å². The molecule has 0 atom stereocenters. The summed E-state index contributed by atoms with van der Waals surface area (Å²) in [6, 6.07) is 0. The normalized spacial score (nSPS) is 12.4. The third kappa shape index (κ3) is 4.47. The fourth-order valence-electron chi connectivity index (χ4n) is 0.281. The van der Waals surface area contributed by atoms with Gasteiger partial charge in [-0.2, -0.15) is 0 Å². The van der Waals surface area contributed by atoms with Crippen molar-refractivity contribution in [3.05, 3.63) is 23.9 Å². The molecule has 0 aromatic heterocycles. The molecule has 0 aliphatic carbocycles. The fourth-order valence-corrected chi connectivity index (χ4v) is 0.696. The van der Waals surface area contributed by atoms with Gasteiger partial charge in [-0.25, -0.2) is 4.99 Å². The van der Waals surface area contributed by atoms with E-state index in [2.05, 4.69) is 11.6 Å². The monoisotopic (exact) mass is 176 g/mol. The number of hydrogen-bond acceptors (Lipinski definition) is 3. The Morgan fingerprint density at radius 3 is 2.80 bits per heavy atom. The summed E-state index contributed by atoms with van der Waals surface area (Å²) in [5, 5.41) is 1.02. The lowest BCUT2D eigenvalue weighted by Crippen LogP contribution is -1.84. The first-order valence-electron chi connectivity index (χ1n) is 2.56. The van der Waals surface area contributed by atoms with E-state index in [9.17, 15) is 0 Å². The minimum Gasteiger partial charge on any atom is -0.405 e. The molecule has 0 aromatic rings. The van der Waals surface area contributed by atoms with Gasteiger partial charge < -0.3 is 5.73 Å². The van der Waals surface area contributed by atoms with Crippen molar-refractivity contribution in [2.24, 2.45) is 10.7 Å². The maximum atomic E-state index is 5.56. The lowest BCUT2D eigenvalue weighted by Gasteiger charge is -1.90. The highest BCUT2D eigenvalue weighted by Gasteiger charge is 1.87. The van der Waals surface area contributed by atoms with E-state index < -0.39 is 0 Å². The van der Waals surface area contributed by atoms with Crippen LogP contribution in [0.25, 0.3) is 0 Å². The summed E-state index contributed by atoms with van der Waals surface area (Å²) in [5.41, 5.74) is 5.06. The molecule has 2 nitrogen and oxygen atoms in total. The Kier molecular flexibility index (Phi) is 5.16. The Balaban J connectivity index is 4.02. The van der Waals surface area contributed by atoms with Crippen LogP contribution >= 0.6 is 23.4 Å². The highest BCUT2D eigenvalue weighted by molar-refractivity contribution is 8.02. The quantitative estimate of drug-likeness (QED) is 0.668. The van der Waals surface area contributed by atoms with Crippen molar-refractivity contribution >= 4 is 28.5 Å². The molecule has 0 amide bonds. The zero-order valence-corrected chi connectivity index (χ0v) is 7.25. The smallest absolute Gasteiger partial charge is 0.131 e. The average molecular weight is 177 g/mol. The summed E-state index contributed by atoms with van der Waals surface area (Å²) in [6.07, 6.45) is 4.71. The second kappa shape index (κ2) is 5.38. The van der Waals surface area contributed by atoms with Gasteiger partial charge in [-0.05, 0) is 18.5 Å². The van der Waals surface area contributed by atoms with Gasteiger partial charge in [-0.3, -0.25) is 0 Å². The maximum Gasteiger partial charge on any atom is 0.131 e. The number of halogens is 1. The lowest BCUT2D eigenvalue weighted by molar-refractivity contribution is 1.55. The van der Waals surface area contributed by atoms with Crippen LogP contribution in [0.1, 0.15) is 0 Å². The van der Waals surface area contributed by atoms with Crippen molar-refractivity contribution in [3.63, 3.8) is 0 Å². The molecule has 0 saturated heterocycles. The molecule has 0 bridgehead atoms. The molecule has 0 unspecified atom stereocenters. The second-order valence-corrected chi connectivity index (χ2v) is 2.66. The lowest BCUT2D eigenvalue weighted by atomic mass is 10.6. The zero-order chi connectivity index (χ0) is 7.98. The number of nitrogens with zero attached hydrogens (tertiary/aromatic N) is 1. The zero-order valence-electron chi connectivity index (χ0n) is 5.67. The van der Waals surface area contributed by atoms with E-state index in [1.807, 2.05) is 6.26 Å². The first-order chi connectivity index (χ1) is 4.70. The minimum atomic E-state index is 0.349. The van der Waals surface area contributed by atoms with Gasteiger partial charge in [0.25, 0.3) is 0 Å². The molecular weight excluding hydrogens is 168 g/mol. The molecule has 0 rings (SSSR count). The van der Waals surface area contributed by atoms with Crippen LogP contribution in [0.15, 0.2) is 28.9 Å². The van der Waals surface area contributed by atoms with Crippen molar-refractivity contribution in [2.75, 3.05) is 6.26 Å². The number of allylic oxidation sites excluding steroid dienone is 1. The SMILES string of the molecule is C=C(/N=C(Cl)\C=C/N)SC. The van der Waals surface area contributed by atoms with E-state index in [0.717, 1.165) is 0 Å². The third-order valence-electron chi connectivity index (χ3n) is 0.701. The van der Waals surface area contributed by atoms with Gasteiger partial charge in [0.1, 0.15) is 5.17 Å². The highest BCUT2D eigenvalue weighted by atomic mass is 35.5. The Bertz CT molecular complexity index is 175. The molecule has 0 fully saturated rings. The maximum absolute atomic E-state index is 5.56. The summed E-state index contributed by atoms with van der Waals surface area (Å²) >= 11 is 7.00. The molecule has 0 radical (unpaired) electrons. The Hall–Kier alpha value is -0.410. The molecule has 2 N–H and O–H groups in total. The van der Waals surface area contributed by atoms with Crippen LogP contribution in [-0.4, -0.2) is 11.4 Å². The van der Waals surface area contributed by atoms with E-state index in [0.29, 0.717) is 10.2 Å². The number of aliphatic imine (C=N–C) groups is 1. The number of hydrogen-bond donors (Lipinski definition) is 1. The molecule has 0 heterocycles.